The molecule has 11 nitrogen and oxygen atoms in total. The Kier molecular flexibility index (Phi) is 8.88. The van der Waals surface area contributed by atoms with Crippen LogP contribution in [0.5, 0.6) is 0 Å². The summed E-state index contributed by atoms with van der Waals surface area (Å²) in [5.74, 6) is -0.753. The van der Waals surface area contributed by atoms with Crippen molar-refractivity contribution in [3.05, 3.63) is 107 Å². The van der Waals surface area contributed by atoms with Gasteiger partial charge in [-0.3, -0.25) is 19.8 Å². The molecule has 1 fully saturated rings. The first kappa shape index (κ1) is 30.6. The van der Waals surface area contributed by atoms with Gasteiger partial charge in [-0.25, -0.2) is 4.68 Å². The van der Waals surface area contributed by atoms with Crippen LogP contribution in [0.2, 0.25) is 0 Å². The summed E-state index contributed by atoms with van der Waals surface area (Å²) in [5.41, 5.74) is 3.52. The summed E-state index contributed by atoms with van der Waals surface area (Å²) in [6.45, 7) is 1.77. The molecule has 13 heteroatoms. The highest BCUT2D eigenvalue weighted by Crippen LogP contribution is 2.22. The molecule has 1 unspecified atom stereocenters. The number of hydrogen-bond donors (Lipinski definition) is 1. The van der Waals surface area contributed by atoms with Gasteiger partial charge in [0.2, 0.25) is 5.91 Å². The van der Waals surface area contributed by atoms with Crippen LogP contribution >= 0.6 is 12.2 Å². The van der Waals surface area contributed by atoms with Crippen molar-refractivity contribution < 1.29 is 27.2 Å². The number of carbonyl (C=O) groups excluding carboxylic acids is 2. The molecule has 1 aliphatic heterocycles. The number of rotatable bonds is 9. The molecule has 4 aromatic rings. The van der Waals surface area contributed by atoms with E-state index in [2.05, 4.69) is 15.0 Å². The third-order valence-corrected chi connectivity index (χ3v) is 8.88. The number of hydrogen-bond acceptors (Lipinski definition) is 6. The Hall–Kier alpha value is -4.88. The second-order valence-electron chi connectivity index (χ2n) is 10.3. The van der Waals surface area contributed by atoms with Crippen molar-refractivity contribution in [2.24, 2.45) is 11.4 Å². The van der Waals surface area contributed by atoms with Crippen LogP contribution in [0.25, 0.3) is 12.2 Å². The van der Waals surface area contributed by atoms with E-state index < -0.39 is 16.1 Å². The second kappa shape index (κ2) is 12.8. The van der Waals surface area contributed by atoms with Gasteiger partial charge in [-0.05, 0) is 54.5 Å². The zero-order valence-corrected chi connectivity index (χ0v) is 25.9. The number of sulfonamides is 1. The number of aromatic nitrogens is 2. The van der Waals surface area contributed by atoms with Crippen molar-refractivity contribution in [1.82, 2.24) is 15.1 Å². The standard InChI is InChI=1S/C31H30N6O5S2/c1-21-9-17-25(18-10-21)44(40,41)33-29-27(36(3)34-42-29)20-37-26(30(39)35(2)31(37)43)19-28(38)32-24-15-13-23(14-16-24)12-11-22-7-5-4-6-8-22/h4-18,26H,19-20H2,1-3H3,(H,32,38)/b12-11+,33-29-. The van der Waals surface area contributed by atoms with Crippen LogP contribution in [0, 0.1) is 6.92 Å². The summed E-state index contributed by atoms with van der Waals surface area (Å²) < 4.78 is 36.4. The van der Waals surface area contributed by atoms with Gasteiger partial charge in [0.05, 0.1) is 11.3 Å². The van der Waals surface area contributed by atoms with Crippen molar-refractivity contribution in [2.45, 2.75) is 30.8 Å². The number of nitrogens with one attached hydrogen (secondary N) is 1. The van der Waals surface area contributed by atoms with Gasteiger partial charge in [-0.15, -0.1) is 4.40 Å². The van der Waals surface area contributed by atoms with Crippen LogP contribution in [-0.2, 0) is 33.2 Å². The monoisotopic (exact) mass is 630 g/mol. The molecule has 0 bridgehead atoms. The fourth-order valence-corrected chi connectivity index (χ4v) is 5.81. The molecular formula is C31H30N6O5S2. The van der Waals surface area contributed by atoms with Crippen molar-refractivity contribution in [2.75, 3.05) is 12.4 Å². The predicted molar refractivity (Wildman–Crippen MR) is 167 cm³/mol. The molecule has 44 heavy (non-hydrogen) atoms. The zero-order valence-electron chi connectivity index (χ0n) is 24.2. The van der Waals surface area contributed by atoms with Gasteiger partial charge in [0.15, 0.2) is 5.11 Å². The van der Waals surface area contributed by atoms with E-state index in [1.54, 1.807) is 36.2 Å². The van der Waals surface area contributed by atoms with Crippen LogP contribution in [0.4, 0.5) is 5.69 Å². The largest absolute Gasteiger partial charge is 0.486 e. The van der Waals surface area contributed by atoms with E-state index in [4.69, 9.17) is 16.7 Å². The van der Waals surface area contributed by atoms with E-state index in [1.807, 2.05) is 61.5 Å². The Morgan fingerprint density at radius 1 is 1.05 bits per heavy atom. The van der Waals surface area contributed by atoms with Gasteiger partial charge in [0.1, 0.15) is 19.6 Å². The van der Waals surface area contributed by atoms with Gasteiger partial charge in [-0.1, -0.05) is 72.3 Å². The summed E-state index contributed by atoms with van der Waals surface area (Å²) in [7, 11) is -1.03. The number of benzene rings is 3. The maximum atomic E-state index is 13.1. The van der Waals surface area contributed by atoms with Gasteiger partial charge >= 0.3 is 0 Å². The number of likely N-dealkylation sites (N-methyl/N-ethyl adjacent to an activating group) is 1. The molecular weight excluding hydrogens is 601 g/mol. The highest BCUT2D eigenvalue weighted by atomic mass is 32.2. The topological polar surface area (TPSA) is 130 Å². The fraction of sp³-hybridized carbons (Fsp3) is 0.194. The van der Waals surface area contributed by atoms with E-state index in [0.717, 1.165) is 16.7 Å². The lowest BCUT2D eigenvalue weighted by Crippen LogP contribution is -2.45. The predicted octanol–water partition coefficient (Wildman–Crippen LogP) is 2.79. The third kappa shape index (κ3) is 6.84. The van der Waals surface area contributed by atoms with Gasteiger partial charge in [-0.2, -0.15) is 8.42 Å². The minimum absolute atomic E-state index is 0.00509. The van der Waals surface area contributed by atoms with Crippen LogP contribution in [0.3, 0.4) is 0 Å². The molecule has 0 saturated carbocycles. The lowest BCUT2D eigenvalue weighted by molar-refractivity contribution is -0.752. The van der Waals surface area contributed by atoms with Crippen molar-refractivity contribution >= 4 is 57.0 Å². The Labute approximate surface area is 260 Å². The van der Waals surface area contributed by atoms with Gasteiger partial charge in [0, 0.05) is 12.7 Å². The number of amides is 2. The lowest BCUT2D eigenvalue weighted by Gasteiger charge is -2.21. The van der Waals surface area contributed by atoms with Crippen molar-refractivity contribution in [3.8, 4) is 0 Å². The van der Waals surface area contributed by atoms with Crippen LogP contribution < -0.4 is 20.8 Å². The third-order valence-electron chi connectivity index (χ3n) is 7.09. The quantitative estimate of drug-likeness (QED) is 0.170. The molecule has 0 radical (unpaired) electrons. The van der Waals surface area contributed by atoms with Gasteiger partial charge < -0.3 is 14.7 Å². The SMILES string of the molecule is Cc1ccc(S(=O)(=O)/N=c2\o[n-][n+](C)c2CN2C(=S)N(C)C(=O)C2CC(=O)Nc2ccc(/C=C/c3ccccc3)cc2)cc1. The minimum atomic E-state index is -4.12. The second-order valence-corrected chi connectivity index (χ2v) is 12.2. The van der Waals surface area contributed by atoms with Crippen molar-refractivity contribution in [1.29, 1.82) is 0 Å². The fourth-order valence-electron chi connectivity index (χ4n) is 4.59. The Morgan fingerprint density at radius 2 is 1.68 bits per heavy atom. The molecule has 1 atom stereocenters. The van der Waals surface area contributed by atoms with Crippen LogP contribution in [-0.4, -0.2) is 48.2 Å². The van der Waals surface area contributed by atoms with E-state index in [1.165, 1.54) is 28.8 Å². The first-order chi connectivity index (χ1) is 21.0. The normalized spacial score (nSPS) is 15.9. The van der Waals surface area contributed by atoms with E-state index in [9.17, 15) is 18.0 Å². The Bertz CT molecular complexity index is 1900. The number of aryl methyl sites for hydroxylation is 2. The number of nitrogens with zero attached hydrogens (tertiary/aromatic N) is 5. The summed E-state index contributed by atoms with van der Waals surface area (Å²) >= 11 is 5.52. The molecule has 2 amide bonds. The van der Waals surface area contributed by atoms with Crippen LogP contribution in [0.15, 0.2) is 92.7 Å². The number of thiocarbonyl (C=S) groups is 1. The summed E-state index contributed by atoms with van der Waals surface area (Å²) in [4.78, 5) is 29.0. The average molecular weight is 631 g/mol. The highest BCUT2D eigenvalue weighted by molar-refractivity contribution is 7.90. The highest BCUT2D eigenvalue weighted by Gasteiger charge is 2.43. The Balaban J connectivity index is 1.31. The molecule has 5 rings (SSSR count). The zero-order chi connectivity index (χ0) is 31.4. The lowest BCUT2D eigenvalue weighted by atomic mass is 10.1. The molecule has 226 valence electrons. The van der Waals surface area contributed by atoms with E-state index in [-0.39, 0.29) is 46.0 Å². The molecule has 1 N–H and O–H groups in total. The molecule has 1 saturated heterocycles. The van der Waals surface area contributed by atoms with Crippen molar-refractivity contribution in [3.63, 3.8) is 0 Å². The summed E-state index contributed by atoms with van der Waals surface area (Å²) in [6.07, 6.45) is 3.78. The van der Waals surface area contributed by atoms with Gasteiger partial charge in [0.25, 0.3) is 27.2 Å². The maximum Gasteiger partial charge on any atom is 0.289 e. The van der Waals surface area contributed by atoms with E-state index >= 15 is 0 Å². The molecule has 1 aliphatic rings. The minimum Gasteiger partial charge on any atom is -0.486 e. The maximum absolute atomic E-state index is 13.1. The molecule has 3 aromatic carbocycles. The van der Waals surface area contributed by atoms with E-state index in [0.29, 0.717) is 5.69 Å². The first-order valence-electron chi connectivity index (χ1n) is 13.6. The molecule has 2 heterocycles. The Morgan fingerprint density at radius 3 is 2.34 bits per heavy atom. The molecule has 1 aromatic heterocycles. The summed E-state index contributed by atoms with van der Waals surface area (Å²) in [6, 6.07) is 22.6. The first-order valence-corrected chi connectivity index (χ1v) is 15.5. The number of anilines is 1. The smallest absolute Gasteiger partial charge is 0.289 e. The molecule has 0 aliphatic carbocycles. The number of carbonyl (C=O) groups is 2. The van der Waals surface area contributed by atoms with Crippen LogP contribution in [0.1, 0.15) is 28.8 Å². The molecule has 0 spiro atoms. The summed E-state index contributed by atoms with van der Waals surface area (Å²) in [5, 5.41) is 6.84. The average Bonchev–Trinajstić information content (AvgIpc) is 3.44.